The first-order valence-electron chi connectivity index (χ1n) is 12.4. The fourth-order valence-electron chi connectivity index (χ4n) is 4.93. The molecule has 0 radical (unpaired) electrons. The van der Waals surface area contributed by atoms with Crippen molar-refractivity contribution in [2.45, 2.75) is 51.8 Å². The highest BCUT2D eigenvalue weighted by Gasteiger charge is 2.30. The van der Waals surface area contributed by atoms with E-state index in [0.717, 1.165) is 50.0 Å². The molecular formula is C26H36N6O. The quantitative estimate of drug-likeness (QED) is 0.627. The Kier molecular flexibility index (Phi) is 6.51. The molecule has 0 bridgehead atoms. The third kappa shape index (κ3) is 4.99. The Labute approximate surface area is 197 Å². The average Bonchev–Trinajstić information content (AvgIpc) is 3.67. The number of ether oxygens (including phenoxy) is 1. The second-order valence-electron chi connectivity index (χ2n) is 9.48. The van der Waals surface area contributed by atoms with Crippen molar-refractivity contribution < 1.29 is 4.74 Å². The zero-order chi connectivity index (χ0) is 22.8. The van der Waals surface area contributed by atoms with Gasteiger partial charge in [0.2, 0.25) is 5.95 Å². The Morgan fingerprint density at radius 1 is 1.18 bits per heavy atom. The number of benzene rings is 1. The van der Waals surface area contributed by atoms with Crippen molar-refractivity contribution in [2.24, 2.45) is 5.92 Å². The van der Waals surface area contributed by atoms with E-state index in [0.29, 0.717) is 24.5 Å². The average molecular weight is 449 g/mol. The molecule has 3 aliphatic rings. The highest BCUT2D eigenvalue weighted by Crippen LogP contribution is 2.40. The monoisotopic (exact) mass is 448 g/mol. The van der Waals surface area contributed by atoms with Gasteiger partial charge in [-0.05, 0) is 43.9 Å². The standard InChI is InChI=1S/C26H36N6O/c1-4-32-19(3)33-17-23-16-28-26(30-25(23)32)29-18(2)21-7-9-22(10-8-21)24(15-20-5-6-20)31-13-11-27-12-14-31/h7-10,16,18,20,24,27H,3-6,11-15,17H2,1-2H3,(H,28,29,30)/t18-,24?/m0/s1. The Bertz CT molecular complexity index is 967. The van der Waals surface area contributed by atoms with E-state index in [4.69, 9.17) is 9.72 Å². The molecule has 1 aliphatic carbocycles. The maximum absolute atomic E-state index is 5.62. The van der Waals surface area contributed by atoms with E-state index in [2.05, 4.69) is 65.2 Å². The smallest absolute Gasteiger partial charge is 0.225 e. The van der Waals surface area contributed by atoms with Crippen molar-refractivity contribution in [2.75, 3.05) is 42.9 Å². The summed E-state index contributed by atoms with van der Waals surface area (Å²) in [5.41, 5.74) is 3.67. The summed E-state index contributed by atoms with van der Waals surface area (Å²) in [5, 5.41) is 6.97. The fourth-order valence-corrected chi connectivity index (χ4v) is 4.93. The van der Waals surface area contributed by atoms with Crippen LogP contribution in [0.2, 0.25) is 0 Å². The Morgan fingerprint density at radius 3 is 2.61 bits per heavy atom. The molecular weight excluding hydrogens is 412 g/mol. The molecule has 2 aliphatic heterocycles. The van der Waals surface area contributed by atoms with Crippen LogP contribution in [0.5, 0.6) is 0 Å². The van der Waals surface area contributed by atoms with E-state index in [9.17, 15) is 0 Å². The topological polar surface area (TPSA) is 65.5 Å². The second kappa shape index (κ2) is 9.69. The van der Waals surface area contributed by atoms with Gasteiger partial charge in [0.05, 0.1) is 11.6 Å². The SMILES string of the molecule is C=C1OCc2cnc(N[C@@H](C)c3ccc(C(CC4CC4)N4CCNCC4)cc3)nc2N1CC. The summed E-state index contributed by atoms with van der Waals surface area (Å²) in [5.74, 6) is 3.07. The van der Waals surface area contributed by atoms with Gasteiger partial charge >= 0.3 is 0 Å². The lowest BCUT2D eigenvalue weighted by Crippen LogP contribution is -2.45. The summed E-state index contributed by atoms with van der Waals surface area (Å²) in [6.45, 7) is 13.9. The largest absolute Gasteiger partial charge is 0.474 e. The van der Waals surface area contributed by atoms with Crippen LogP contribution in [0.4, 0.5) is 11.8 Å². The van der Waals surface area contributed by atoms with Gasteiger partial charge in [0.15, 0.2) is 5.88 Å². The number of nitrogens with one attached hydrogen (secondary N) is 2. The number of anilines is 2. The minimum absolute atomic E-state index is 0.108. The zero-order valence-electron chi connectivity index (χ0n) is 19.9. The van der Waals surface area contributed by atoms with Crippen LogP contribution in [0.15, 0.2) is 42.9 Å². The van der Waals surface area contributed by atoms with Crippen molar-refractivity contribution in [3.05, 3.63) is 59.6 Å². The molecule has 2 aromatic rings. The molecule has 1 saturated carbocycles. The summed E-state index contributed by atoms with van der Waals surface area (Å²) in [6, 6.07) is 9.84. The predicted molar refractivity (Wildman–Crippen MR) is 132 cm³/mol. The number of rotatable bonds is 8. The van der Waals surface area contributed by atoms with Gasteiger partial charge in [0.25, 0.3) is 0 Å². The number of nitrogens with zero attached hydrogens (tertiary/aromatic N) is 4. The number of aromatic nitrogens is 2. The molecule has 7 nitrogen and oxygen atoms in total. The van der Waals surface area contributed by atoms with E-state index in [1.165, 1.54) is 30.4 Å². The molecule has 5 rings (SSSR count). The molecule has 2 N–H and O–H groups in total. The number of hydrogen-bond acceptors (Lipinski definition) is 7. The summed E-state index contributed by atoms with van der Waals surface area (Å²) >= 11 is 0. The van der Waals surface area contributed by atoms with Gasteiger partial charge in [-0.2, -0.15) is 4.98 Å². The van der Waals surface area contributed by atoms with Crippen LogP contribution >= 0.6 is 0 Å². The van der Waals surface area contributed by atoms with Crippen LogP contribution in [0.1, 0.15) is 61.9 Å². The van der Waals surface area contributed by atoms with Crippen LogP contribution < -0.4 is 15.5 Å². The molecule has 0 spiro atoms. The van der Waals surface area contributed by atoms with Gasteiger partial charge in [0, 0.05) is 45.0 Å². The van der Waals surface area contributed by atoms with Crippen molar-refractivity contribution in [3.8, 4) is 0 Å². The first-order valence-corrected chi connectivity index (χ1v) is 12.4. The summed E-state index contributed by atoms with van der Waals surface area (Å²) in [6.07, 6.45) is 5.94. The lowest BCUT2D eigenvalue weighted by atomic mass is 9.96. The van der Waals surface area contributed by atoms with Gasteiger partial charge in [-0.1, -0.05) is 37.1 Å². The van der Waals surface area contributed by atoms with E-state index >= 15 is 0 Å². The van der Waals surface area contributed by atoms with Crippen LogP contribution in [0.25, 0.3) is 0 Å². The Hall–Kier alpha value is -2.64. The Morgan fingerprint density at radius 2 is 1.91 bits per heavy atom. The first kappa shape index (κ1) is 22.2. The maximum Gasteiger partial charge on any atom is 0.225 e. The van der Waals surface area contributed by atoms with E-state index < -0.39 is 0 Å². The summed E-state index contributed by atoms with van der Waals surface area (Å²) in [7, 11) is 0. The lowest BCUT2D eigenvalue weighted by molar-refractivity contribution is 0.160. The number of hydrogen-bond donors (Lipinski definition) is 2. The highest BCUT2D eigenvalue weighted by molar-refractivity contribution is 5.54. The van der Waals surface area contributed by atoms with E-state index in [1.807, 2.05) is 11.1 Å². The number of piperazine rings is 1. The van der Waals surface area contributed by atoms with Gasteiger partial charge in [0.1, 0.15) is 12.4 Å². The van der Waals surface area contributed by atoms with E-state index in [-0.39, 0.29) is 6.04 Å². The molecule has 7 heteroatoms. The van der Waals surface area contributed by atoms with Gasteiger partial charge in [-0.3, -0.25) is 9.80 Å². The summed E-state index contributed by atoms with van der Waals surface area (Å²) in [4.78, 5) is 14.0. The molecule has 2 fully saturated rings. The molecule has 1 saturated heterocycles. The fraction of sp³-hybridized carbons (Fsp3) is 0.538. The molecule has 1 aromatic carbocycles. The third-order valence-corrected chi connectivity index (χ3v) is 7.12. The predicted octanol–water partition coefficient (Wildman–Crippen LogP) is 4.22. The van der Waals surface area contributed by atoms with Crippen molar-refractivity contribution in [3.63, 3.8) is 0 Å². The molecule has 3 heterocycles. The minimum Gasteiger partial charge on any atom is -0.474 e. The molecule has 1 unspecified atom stereocenters. The van der Waals surface area contributed by atoms with Crippen molar-refractivity contribution in [1.29, 1.82) is 0 Å². The third-order valence-electron chi connectivity index (χ3n) is 7.12. The number of fused-ring (bicyclic) bond motifs is 1. The minimum atomic E-state index is 0.108. The lowest BCUT2D eigenvalue weighted by Gasteiger charge is -2.35. The van der Waals surface area contributed by atoms with Crippen molar-refractivity contribution in [1.82, 2.24) is 20.2 Å². The maximum atomic E-state index is 5.62. The first-order chi connectivity index (χ1) is 16.1. The molecule has 2 atom stereocenters. The molecule has 1 aromatic heterocycles. The van der Waals surface area contributed by atoms with Gasteiger partial charge < -0.3 is 15.4 Å². The second-order valence-corrected chi connectivity index (χ2v) is 9.48. The van der Waals surface area contributed by atoms with Crippen LogP contribution in [0.3, 0.4) is 0 Å². The van der Waals surface area contributed by atoms with Crippen molar-refractivity contribution >= 4 is 11.8 Å². The summed E-state index contributed by atoms with van der Waals surface area (Å²) < 4.78 is 5.62. The molecule has 0 amide bonds. The van der Waals surface area contributed by atoms with E-state index in [1.54, 1.807) is 0 Å². The molecule has 33 heavy (non-hydrogen) atoms. The van der Waals surface area contributed by atoms with Crippen LogP contribution in [-0.4, -0.2) is 47.6 Å². The highest BCUT2D eigenvalue weighted by atomic mass is 16.5. The zero-order valence-corrected chi connectivity index (χ0v) is 19.9. The van der Waals surface area contributed by atoms with Gasteiger partial charge in [-0.15, -0.1) is 0 Å². The Balaban J connectivity index is 1.29. The molecule has 176 valence electrons. The van der Waals surface area contributed by atoms with Gasteiger partial charge in [-0.25, -0.2) is 4.98 Å². The normalized spacial score (nSPS) is 20.7. The van der Waals surface area contributed by atoms with Crippen LogP contribution in [-0.2, 0) is 11.3 Å². The van der Waals surface area contributed by atoms with Crippen LogP contribution in [0, 0.1) is 5.92 Å².